The highest BCUT2D eigenvalue weighted by Crippen LogP contribution is 2.16. The molecule has 0 amide bonds. The van der Waals surface area contributed by atoms with Crippen LogP contribution in [0, 0.1) is 0 Å². The minimum absolute atomic E-state index is 0.120. The summed E-state index contributed by atoms with van der Waals surface area (Å²) in [6.07, 6.45) is 5.36. The van der Waals surface area contributed by atoms with E-state index in [-0.39, 0.29) is 15.4 Å². The zero-order valence-corrected chi connectivity index (χ0v) is 14.7. The third-order valence-corrected chi connectivity index (χ3v) is 8.01. The third kappa shape index (κ3) is 9.97. The van der Waals surface area contributed by atoms with E-state index in [2.05, 4.69) is 13.1 Å². The van der Waals surface area contributed by atoms with Gasteiger partial charge in [-0.3, -0.25) is 0 Å². The molecule has 17 heavy (non-hydrogen) atoms. The summed E-state index contributed by atoms with van der Waals surface area (Å²) >= 11 is 0. The Kier molecular flexibility index (Phi) is 10.4. The highest BCUT2D eigenvalue weighted by Gasteiger charge is 2.19. The molecule has 0 aromatic heterocycles. The molecule has 0 radical (unpaired) electrons. The first kappa shape index (κ1) is 17.3. The van der Waals surface area contributed by atoms with E-state index in [1.165, 1.54) is 37.8 Å². The maximum atomic E-state index is 5.54. The zero-order valence-electron chi connectivity index (χ0n) is 12.3. The third-order valence-electron chi connectivity index (χ3n) is 3.30. The Balaban J connectivity index is 3.30. The highest BCUT2D eigenvalue weighted by molar-refractivity contribution is 6.71. The van der Waals surface area contributed by atoms with Gasteiger partial charge in [-0.1, -0.05) is 31.7 Å². The molecule has 0 aliphatic heterocycles. The lowest BCUT2D eigenvalue weighted by Crippen LogP contribution is -2.27. The number of hydrogen-bond acceptors (Lipinski definition) is 3. The molecular formula is C12H30O3Si2. The van der Waals surface area contributed by atoms with E-state index in [1.54, 1.807) is 14.2 Å². The lowest BCUT2D eigenvalue weighted by Gasteiger charge is -2.19. The molecule has 0 atom stereocenters. The normalized spacial score (nSPS) is 13.1. The maximum Gasteiger partial charge on any atom is 0.186 e. The molecule has 104 valence electrons. The van der Waals surface area contributed by atoms with Gasteiger partial charge in [-0.25, -0.2) is 0 Å². The first-order valence-corrected chi connectivity index (χ1v) is 11.6. The summed E-state index contributed by atoms with van der Waals surface area (Å²) in [6.45, 7) is 4.59. The minimum atomic E-state index is -1.31. The minimum Gasteiger partial charge on any atom is -0.420 e. The molecular weight excluding hydrogens is 248 g/mol. The SMILES string of the molecule is COC(OC)[SiH2]CCCCCC[Si](C)(C)OC. The van der Waals surface area contributed by atoms with Gasteiger partial charge < -0.3 is 13.9 Å². The van der Waals surface area contributed by atoms with Gasteiger partial charge in [0.1, 0.15) is 5.91 Å². The molecule has 0 unspecified atom stereocenters. The van der Waals surface area contributed by atoms with Crippen molar-refractivity contribution in [2.75, 3.05) is 21.3 Å². The van der Waals surface area contributed by atoms with Crippen LogP contribution in [0.25, 0.3) is 0 Å². The van der Waals surface area contributed by atoms with Crippen LogP contribution in [0.15, 0.2) is 0 Å². The summed E-state index contributed by atoms with van der Waals surface area (Å²) in [5.41, 5.74) is 0. The second-order valence-corrected chi connectivity index (χ2v) is 11.5. The van der Waals surface area contributed by atoms with Crippen molar-refractivity contribution in [3.05, 3.63) is 0 Å². The van der Waals surface area contributed by atoms with Gasteiger partial charge in [-0.2, -0.15) is 0 Å². The number of methoxy groups -OCH3 is 2. The molecule has 0 saturated heterocycles. The smallest absolute Gasteiger partial charge is 0.186 e. The van der Waals surface area contributed by atoms with E-state index in [9.17, 15) is 0 Å². The van der Waals surface area contributed by atoms with Crippen LogP contribution in [0.3, 0.4) is 0 Å². The molecule has 0 aliphatic carbocycles. The Morgan fingerprint density at radius 2 is 1.53 bits per heavy atom. The molecule has 0 heterocycles. The topological polar surface area (TPSA) is 27.7 Å². The van der Waals surface area contributed by atoms with Crippen molar-refractivity contribution >= 4 is 17.8 Å². The fraction of sp³-hybridized carbons (Fsp3) is 1.00. The van der Waals surface area contributed by atoms with E-state index in [0.717, 1.165) is 0 Å². The summed E-state index contributed by atoms with van der Waals surface area (Å²) in [6, 6.07) is 2.62. The number of hydrogen-bond donors (Lipinski definition) is 0. The van der Waals surface area contributed by atoms with Gasteiger partial charge in [0.2, 0.25) is 0 Å². The standard InChI is InChI=1S/C12H30O3Si2/c1-13-12(14-2)16-10-8-6-7-9-11-17(4,5)15-3/h12H,6-11,16H2,1-5H3. The molecule has 0 aromatic carbocycles. The van der Waals surface area contributed by atoms with E-state index >= 15 is 0 Å². The van der Waals surface area contributed by atoms with Crippen molar-refractivity contribution in [2.45, 2.75) is 56.8 Å². The number of ether oxygens (including phenoxy) is 2. The molecule has 0 fully saturated rings. The Bertz CT molecular complexity index is 173. The molecule has 0 N–H and O–H groups in total. The van der Waals surface area contributed by atoms with Crippen LogP contribution in [-0.4, -0.2) is 45.1 Å². The summed E-state index contributed by atoms with van der Waals surface area (Å²) in [7, 11) is 3.82. The second kappa shape index (κ2) is 10.3. The Morgan fingerprint density at radius 3 is 2.06 bits per heavy atom. The van der Waals surface area contributed by atoms with E-state index in [4.69, 9.17) is 13.9 Å². The van der Waals surface area contributed by atoms with Gasteiger partial charge in [0.05, 0.1) is 9.52 Å². The first-order valence-electron chi connectivity index (χ1n) is 6.66. The van der Waals surface area contributed by atoms with Crippen molar-refractivity contribution < 1.29 is 13.9 Å². The molecule has 3 nitrogen and oxygen atoms in total. The van der Waals surface area contributed by atoms with Crippen molar-refractivity contribution in [3.63, 3.8) is 0 Å². The van der Waals surface area contributed by atoms with Gasteiger partial charge in [0, 0.05) is 21.3 Å². The van der Waals surface area contributed by atoms with E-state index in [1.807, 2.05) is 7.11 Å². The van der Waals surface area contributed by atoms with Crippen LogP contribution in [0.2, 0.25) is 25.2 Å². The van der Waals surface area contributed by atoms with E-state index in [0.29, 0.717) is 0 Å². The molecule has 0 rings (SSSR count). The number of rotatable bonds is 11. The fourth-order valence-electron chi connectivity index (χ4n) is 1.83. The van der Waals surface area contributed by atoms with Crippen molar-refractivity contribution in [3.8, 4) is 0 Å². The van der Waals surface area contributed by atoms with Crippen LogP contribution >= 0.6 is 0 Å². The molecule has 5 heteroatoms. The van der Waals surface area contributed by atoms with E-state index < -0.39 is 8.32 Å². The maximum absolute atomic E-state index is 5.54. The predicted octanol–water partition coefficient (Wildman–Crippen LogP) is 2.56. The predicted molar refractivity (Wildman–Crippen MR) is 78.9 cm³/mol. The largest absolute Gasteiger partial charge is 0.420 e. The van der Waals surface area contributed by atoms with Crippen molar-refractivity contribution in [2.24, 2.45) is 0 Å². The lowest BCUT2D eigenvalue weighted by molar-refractivity contribution is -0.0441. The molecule has 0 aliphatic rings. The van der Waals surface area contributed by atoms with Crippen molar-refractivity contribution in [1.82, 2.24) is 0 Å². The Labute approximate surface area is 110 Å². The van der Waals surface area contributed by atoms with Crippen LogP contribution in [0.1, 0.15) is 25.7 Å². The second-order valence-electron chi connectivity index (χ2n) is 5.17. The van der Waals surface area contributed by atoms with Gasteiger partial charge in [0.15, 0.2) is 8.32 Å². The highest BCUT2D eigenvalue weighted by atomic mass is 28.4. The van der Waals surface area contributed by atoms with Crippen LogP contribution in [-0.2, 0) is 13.9 Å². The van der Waals surface area contributed by atoms with Gasteiger partial charge in [0.25, 0.3) is 0 Å². The number of unbranched alkanes of at least 4 members (excludes halogenated alkanes) is 3. The molecule has 0 bridgehead atoms. The zero-order chi connectivity index (χ0) is 13.1. The average molecular weight is 279 g/mol. The molecule has 0 spiro atoms. The monoisotopic (exact) mass is 278 g/mol. The fourth-order valence-corrected chi connectivity index (χ4v) is 4.58. The summed E-state index contributed by atoms with van der Waals surface area (Å²) in [5, 5.41) is 0. The van der Waals surface area contributed by atoms with Crippen LogP contribution in [0.4, 0.5) is 0 Å². The Morgan fingerprint density at radius 1 is 0.941 bits per heavy atom. The van der Waals surface area contributed by atoms with Crippen molar-refractivity contribution in [1.29, 1.82) is 0 Å². The lowest BCUT2D eigenvalue weighted by atomic mass is 10.2. The average Bonchev–Trinajstić information content (AvgIpc) is 2.33. The van der Waals surface area contributed by atoms with Gasteiger partial charge >= 0.3 is 0 Å². The summed E-state index contributed by atoms with van der Waals surface area (Å²) < 4.78 is 16.0. The quantitative estimate of drug-likeness (QED) is 0.330. The van der Waals surface area contributed by atoms with Gasteiger partial charge in [-0.15, -0.1) is 0 Å². The molecule has 0 aromatic rings. The molecule has 0 saturated carbocycles. The van der Waals surface area contributed by atoms with Gasteiger partial charge in [-0.05, 0) is 19.1 Å². The van der Waals surface area contributed by atoms with Crippen LogP contribution in [0.5, 0.6) is 0 Å². The summed E-state index contributed by atoms with van der Waals surface area (Å²) in [4.78, 5) is 0. The Hall–Kier alpha value is 0.314. The van der Waals surface area contributed by atoms with Crippen LogP contribution < -0.4 is 0 Å². The summed E-state index contributed by atoms with van der Waals surface area (Å²) in [5.74, 6) is 0.120. The first-order chi connectivity index (χ1) is 8.05.